The summed E-state index contributed by atoms with van der Waals surface area (Å²) in [7, 11) is 0. The van der Waals surface area contributed by atoms with E-state index in [1.807, 2.05) is 13.0 Å². The number of hydrogen-bond acceptors (Lipinski definition) is 3. The van der Waals surface area contributed by atoms with Gasteiger partial charge in [0, 0.05) is 6.20 Å². The molecule has 0 aliphatic carbocycles. The van der Waals surface area contributed by atoms with E-state index in [9.17, 15) is 4.39 Å². The van der Waals surface area contributed by atoms with E-state index in [4.69, 9.17) is 11.6 Å². The van der Waals surface area contributed by atoms with Crippen LogP contribution in [-0.4, -0.2) is 9.97 Å². The van der Waals surface area contributed by atoms with Gasteiger partial charge in [-0.25, -0.2) is 14.4 Å². The number of aryl methyl sites for hydroxylation is 1. The summed E-state index contributed by atoms with van der Waals surface area (Å²) >= 11 is 5.89. The maximum Gasteiger partial charge on any atom is 0.125 e. The monoisotopic (exact) mass is 251 g/mol. The Morgan fingerprint density at radius 3 is 2.88 bits per heavy atom. The highest BCUT2D eigenvalue weighted by atomic mass is 35.5. The Bertz CT molecular complexity index is 531. The molecule has 0 bridgehead atoms. The van der Waals surface area contributed by atoms with Gasteiger partial charge in [-0.3, -0.25) is 0 Å². The first-order valence-corrected chi connectivity index (χ1v) is 5.50. The molecule has 1 aromatic carbocycles. The molecule has 2 aromatic rings. The van der Waals surface area contributed by atoms with Gasteiger partial charge in [0.15, 0.2) is 0 Å². The molecule has 88 valence electrons. The Morgan fingerprint density at radius 2 is 2.18 bits per heavy atom. The topological polar surface area (TPSA) is 37.8 Å². The minimum Gasteiger partial charge on any atom is -0.378 e. The van der Waals surface area contributed by atoms with E-state index in [0.717, 1.165) is 11.5 Å². The normalized spacial score (nSPS) is 10.3. The molecular weight excluding hydrogens is 241 g/mol. The lowest BCUT2D eigenvalue weighted by Crippen LogP contribution is -2.03. The Balaban J connectivity index is 2.07. The Hall–Kier alpha value is -1.68. The van der Waals surface area contributed by atoms with Gasteiger partial charge >= 0.3 is 0 Å². The van der Waals surface area contributed by atoms with Gasteiger partial charge in [-0.1, -0.05) is 11.6 Å². The van der Waals surface area contributed by atoms with Gasteiger partial charge in [0.25, 0.3) is 0 Å². The van der Waals surface area contributed by atoms with Crippen LogP contribution in [0, 0.1) is 12.7 Å². The second-order valence-corrected chi connectivity index (χ2v) is 3.98. The van der Waals surface area contributed by atoms with Gasteiger partial charge in [0.05, 0.1) is 22.9 Å². The van der Waals surface area contributed by atoms with E-state index in [0.29, 0.717) is 17.3 Å². The zero-order valence-electron chi connectivity index (χ0n) is 9.24. The molecule has 1 aromatic heterocycles. The summed E-state index contributed by atoms with van der Waals surface area (Å²) in [6, 6.07) is 6.05. The van der Waals surface area contributed by atoms with E-state index in [-0.39, 0.29) is 5.82 Å². The van der Waals surface area contributed by atoms with Crippen LogP contribution in [0.3, 0.4) is 0 Å². The number of hydrogen-bond donors (Lipinski definition) is 1. The number of aromatic nitrogens is 2. The van der Waals surface area contributed by atoms with Crippen molar-refractivity contribution in [2.24, 2.45) is 0 Å². The standard InChI is InChI=1S/C12H11ClFN3/c1-8-15-5-4-10(17-8)7-16-12-3-2-9(14)6-11(12)13/h2-6,16H,7H2,1H3. The summed E-state index contributed by atoms with van der Waals surface area (Å²) in [5, 5.41) is 3.45. The van der Waals surface area contributed by atoms with Crippen molar-refractivity contribution in [1.29, 1.82) is 0 Å². The van der Waals surface area contributed by atoms with E-state index >= 15 is 0 Å². The van der Waals surface area contributed by atoms with Crippen LogP contribution in [-0.2, 0) is 6.54 Å². The van der Waals surface area contributed by atoms with E-state index in [1.165, 1.54) is 12.1 Å². The fourth-order valence-corrected chi connectivity index (χ4v) is 1.66. The van der Waals surface area contributed by atoms with Crippen molar-refractivity contribution in [3.05, 3.63) is 52.8 Å². The van der Waals surface area contributed by atoms with Crippen molar-refractivity contribution in [2.75, 3.05) is 5.32 Å². The number of nitrogens with one attached hydrogen (secondary N) is 1. The van der Waals surface area contributed by atoms with Crippen molar-refractivity contribution in [2.45, 2.75) is 13.5 Å². The van der Waals surface area contributed by atoms with Crippen LogP contribution in [0.1, 0.15) is 11.5 Å². The minimum atomic E-state index is -0.349. The summed E-state index contributed by atoms with van der Waals surface area (Å²) in [5.74, 6) is 0.368. The second-order valence-electron chi connectivity index (χ2n) is 3.57. The third-order valence-corrected chi connectivity index (χ3v) is 2.54. The Labute approximate surface area is 104 Å². The molecule has 0 unspecified atom stereocenters. The van der Waals surface area contributed by atoms with Crippen molar-refractivity contribution in [3.8, 4) is 0 Å². The highest BCUT2D eigenvalue weighted by Gasteiger charge is 2.02. The molecule has 0 fully saturated rings. The predicted octanol–water partition coefficient (Wildman–Crippen LogP) is 3.19. The minimum absolute atomic E-state index is 0.349. The molecule has 0 spiro atoms. The lowest BCUT2D eigenvalue weighted by atomic mass is 10.3. The molecule has 2 rings (SSSR count). The molecule has 0 saturated carbocycles. The quantitative estimate of drug-likeness (QED) is 0.910. The molecule has 0 aliphatic rings. The molecule has 0 radical (unpaired) electrons. The molecule has 0 amide bonds. The van der Waals surface area contributed by atoms with Crippen LogP contribution < -0.4 is 5.32 Å². The summed E-state index contributed by atoms with van der Waals surface area (Å²) in [4.78, 5) is 8.25. The zero-order valence-corrected chi connectivity index (χ0v) is 10.0. The average Bonchev–Trinajstić information content (AvgIpc) is 2.28. The third-order valence-electron chi connectivity index (χ3n) is 2.22. The molecule has 5 heteroatoms. The largest absolute Gasteiger partial charge is 0.378 e. The third kappa shape index (κ3) is 3.14. The van der Waals surface area contributed by atoms with Gasteiger partial charge in [-0.05, 0) is 31.2 Å². The van der Waals surface area contributed by atoms with Gasteiger partial charge in [-0.2, -0.15) is 0 Å². The van der Waals surface area contributed by atoms with Crippen LogP contribution in [0.2, 0.25) is 5.02 Å². The summed E-state index contributed by atoms with van der Waals surface area (Å²) in [6.45, 7) is 2.35. The van der Waals surface area contributed by atoms with Crippen LogP contribution >= 0.6 is 11.6 Å². The molecular formula is C12H11ClFN3. The molecule has 1 heterocycles. The first-order valence-electron chi connectivity index (χ1n) is 5.12. The highest BCUT2D eigenvalue weighted by Crippen LogP contribution is 2.22. The van der Waals surface area contributed by atoms with Crippen LogP contribution in [0.25, 0.3) is 0 Å². The van der Waals surface area contributed by atoms with Crippen LogP contribution in [0.15, 0.2) is 30.5 Å². The molecule has 0 saturated heterocycles. The van der Waals surface area contributed by atoms with Gasteiger partial charge in [0.1, 0.15) is 11.6 Å². The van der Waals surface area contributed by atoms with Crippen LogP contribution in [0.4, 0.5) is 10.1 Å². The predicted molar refractivity (Wildman–Crippen MR) is 65.5 cm³/mol. The van der Waals surface area contributed by atoms with Crippen LogP contribution in [0.5, 0.6) is 0 Å². The highest BCUT2D eigenvalue weighted by molar-refractivity contribution is 6.33. The number of anilines is 1. The molecule has 17 heavy (non-hydrogen) atoms. The van der Waals surface area contributed by atoms with Gasteiger partial charge < -0.3 is 5.32 Å². The maximum atomic E-state index is 12.8. The second kappa shape index (κ2) is 5.10. The number of benzene rings is 1. The van der Waals surface area contributed by atoms with Crippen molar-refractivity contribution >= 4 is 17.3 Å². The molecule has 3 nitrogen and oxygen atoms in total. The number of nitrogens with zero attached hydrogens (tertiary/aromatic N) is 2. The first-order chi connectivity index (χ1) is 8.15. The van der Waals surface area contributed by atoms with E-state index in [1.54, 1.807) is 12.3 Å². The van der Waals surface area contributed by atoms with Gasteiger partial charge in [-0.15, -0.1) is 0 Å². The molecule has 1 N–H and O–H groups in total. The average molecular weight is 252 g/mol. The Kier molecular flexibility index (Phi) is 3.54. The molecule has 0 atom stereocenters. The first kappa shape index (κ1) is 11.8. The van der Waals surface area contributed by atoms with E-state index in [2.05, 4.69) is 15.3 Å². The SMILES string of the molecule is Cc1nccc(CNc2ccc(F)cc2Cl)n1. The van der Waals surface area contributed by atoms with Crippen molar-refractivity contribution in [1.82, 2.24) is 9.97 Å². The lowest BCUT2D eigenvalue weighted by Gasteiger charge is -2.08. The van der Waals surface area contributed by atoms with Crippen molar-refractivity contribution in [3.63, 3.8) is 0 Å². The summed E-state index contributed by atoms with van der Waals surface area (Å²) in [6.07, 6.45) is 1.70. The zero-order chi connectivity index (χ0) is 12.3. The number of halogens is 2. The van der Waals surface area contributed by atoms with Gasteiger partial charge in [0.2, 0.25) is 0 Å². The molecule has 0 aliphatic heterocycles. The fourth-order valence-electron chi connectivity index (χ4n) is 1.42. The van der Waals surface area contributed by atoms with Crippen molar-refractivity contribution < 1.29 is 4.39 Å². The van der Waals surface area contributed by atoms with E-state index < -0.39 is 0 Å². The summed E-state index contributed by atoms with van der Waals surface area (Å²) in [5.41, 5.74) is 1.54. The summed E-state index contributed by atoms with van der Waals surface area (Å²) < 4.78 is 12.8. The maximum absolute atomic E-state index is 12.8. The Morgan fingerprint density at radius 1 is 1.35 bits per heavy atom. The smallest absolute Gasteiger partial charge is 0.125 e. The number of rotatable bonds is 3. The fraction of sp³-hybridized carbons (Fsp3) is 0.167. The lowest BCUT2D eigenvalue weighted by molar-refractivity contribution is 0.628.